The topological polar surface area (TPSA) is 29.9 Å². The lowest BCUT2D eigenvalue weighted by Crippen LogP contribution is -2.24. The number of likely N-dealkylation sites (N-methyl/N-ethyl adjacent to an activating group) is 1. The first kappa shape index (κ1) is 16.2. The van der Waals surface area contributed by atoms with Crippen molar-refractivity contribution in [2.45, 2.75) is 46.7 Å². The van der Waals surface area contributed by atoms with Crippen LogP contribution in [0.25, 0.3) is 0 Å². The Kier molecular flexibility index (Phi) is 5.59. The van der Waals surface area contributed by atoms with Crippen LogP contribution in [0.4, 0.5) is 0 Å². The van der Waals surface area contributed by atoms with Crippen molar-refractivity contribution in [1.82, 2.24) is 15.1 Å². The minimum atomic E-state index is 0.313. The molecule has 0 saturated heterocycles. The monoisotopic (exact) mass is 349 g/mol. The SMILES string of the molecule is CCNC(Cc1c(Br)c(C)nn1CC)c1cccc(C)c1. The van der Waals surface area contributed by atoms with E-state index in [1.165, 1.54) is 16.8 Å². The first-order valence-corrected chi connectivity index (χ1v) is 8.37. The van der Waals surface area contributed by atoms with E-state index >= 15 is 0 Å². The predicted octanol–water partition coefficient (Wildman–Crippen LogP) is 4.18. The molecule has 0 aliphatic heterocycles. The molecule has 2 aromatic rings. The summed E-state index contributed by atoms with van der Waals surface area (Å²) in [5.74, 6) is 0. The summed E-state index contributed by atoms with van der Waals surface area (Å²) in [6, 6.07) is 9.05. The molecule has 21 heavy (non-hydrogen) atoms. The fraction of sp³-hybridized carbons (Fsp3) is 0.471. The van der Waals surface area contributed by atoms with E-state index < -0.39 is 0 Å². The molecule has 1 aromatic carbocycles. The van der Waals surface area contributed by atoms with E-state index in [2.05, 4.69) is 83.0 Å². The Hall–Kier alpha value is -1.13. The molecule has 0 aliphatic carbocycles. The van der Waals surface area contributed by atoms with Crippen LogP contribution < -0.4 is 5.32 Å². The number of rotatable bonds is 6. The Morgan fingerprint density at radius 2 is 2.05 bits per heavy atom. The Morgan fingerprint density at radius 1 is 1.29 bits per heavy atom. The van der Waals surface area contributed by atoms with Gasteiger partial charge in [0.2, 0.25) is 0 Å². The molecular weight excluding hydrogens is 326 g/mol. The molecule has 1 heterocycles. The van der Waals surface area contributed by atoms with E-state index in [-0.39, 0.29) is 0 Å². The van der Waals surface area contributed by atoms with Gasteiger partial charge in [0.25, 0.3) is 0 Å². The molecule has 1 unspecified atom stereocenters. The fourth-order valence-electron chi connectivity index (χ4n) is 2.70. The van der Waals surface area contributed by atoms with Crippen LogP contribution in [0.2, 0.25) is 0 Å². The Balaban J connectivity index is 2.32. The van der Waals surface area contributed by atoms with Crippen molar-refractivity contribution in [2.24, 2.45) is 0 Å². The van der Waals surface area contributed by atoms with Crippen LogP contribution in [0.3, 0.4) is 0 Å². The quantitative estimate of drug-likeness (QED) is 0.847. The zero-order chi connectivity index (χ0) is 15.4. The summed E-state index contributed by atoms with van der Waals surface area (Å²) in [6.45, 7) is 10.3. The smallest absolute Gasteiger partial charge is 0.0738 e. The van der Waals surface area contributed by atoms with Gasteiger partial charge in [-0.2, -0.15) is 5.10 Å². The van der Waals surface area contributed by atoms with Crippen LogP contribution in [0, 0.1) is 13.8 Å². The van der Waals surface area contributed by atoms with Crippen molar-refractivity contribution < 1.29 is 0 Å². The number of benzene rings is 1. The van der Waals surface area contributed by atoms with Crippen LogP contribution in [0.1, 0.15) is 42.4 Å². The highest BCUT2D eigenvalue weighted by molar-refractivity contribution is 9.10. The third-order valence-electron chi connectivity index (χ3n) is 3.75. The minimum Gasteiger partial charge on any atom is -0.310 e. The van der Waals surface area contributed by atoms with Crippen molar-refractivity contribution in [3.8, 4) is 0 Å². The van der Waals surface area contributed by atoms with Crippen molar-refractivity contribution in [1.29, 1.82) is 0 Å². The van der Waals surface area contributed by atoms with E-state index in [0.29, 0.717) is 6.04 Å². The molecule has 1 aromatic heterocycles. The second kappa shape index (κ2) is 7.23. The Bertz CT molecular complexity index is 604. The number of nitrogens with one attached hydrogen (secondary N) is 1. The second-order valence-electron chi connectivity index (χ2n) is 5.39. The number of aryl methyl sites for hydroxylation is 3. The zero-order valence-corrected chi connectivity index (χ0v) is 14.9. The molecule has 0 radical (unpaired) electrons. The minimum absolute atomic E-state index is 0.313. The van der Waals surface area contributed by atoms with Gasteiger partial charge in [-0.05, 0) is 48.8 Å². The lowest BCUT2D eigenvalue weighted by atomic mass is 10.00. The van der Waals surface area contributed by atoms with Gasteiger partial charge in [0.1, 0.15) is 0 Å². The number of nitrogens with zero attached hydrogens (tertiary/aromatic N) is 2. The highest BCUT2D eigenvalue weighted by Gasteiger charge is 2.18. The first-order chi connectivity index (χ1) is 10.1. The molecule has 0 amide bonds. The molecule has 0 bridgehead atoms. The Morgan fingerprint density at radius 3 is 2.67 bits per heavy atom. The molecule has 0 saturated carbocycles. The second-order valence-corrected chi connectivity index (χ2v) is 6.18. The normalized spacial score (nSPS) is 12.6. The predicted molar refractivity (Wildman–Crippen MR) is 91.6 cm³/mol. The van der Waals surface area contributed by atoms with Crippen molar-refractivity contribution >= 4 is 15.9 Å². The van der Waals surface area contributed by atoms with Gasteiger partial charge in [0.05, 0.1) is 15.9 Å². The molecule has 1 atom stereocenters. The lowest BCUT2D eigenvalue weighted by Gasteiger charge is -2.20. The number of hydrogen-bond acceptors (Lipinski definition) is 2. The highest BCUT2D eigenvalue weighted by Crippen LogP contribution is 2.27. The molecule has 0 aliphatic rings. The number of halogens is 1. The van der Waals surface area contributed by atoms with E-state index in [9.17, 15) is 0 Å². The zero-order valence-electron chi connectivity index (χ0n) is 13.3. The van der Waals surface area contributed by atoms with Gasteiger partial charge in [-0.25, -0.2) is 0 Å². The highest BCUT2D eigenvalue weighted by atomic mass is 79.9. The molecular formula is C17H24BrN3. The molecule has 1 N–H and O–H groups in total. The van der Waals surface area contributed by atoms with Crippen LogP contribution in [-0.2, 0) is 13.0 Å². The summed E-state index contributed by atoms with van der Waals surface area (Å²) < 4.78 is 3.24. The summed E-state index contributed by atoms with van der Waals surface area (Å²) in [5.41, 5.74) is 4.97. The van der Waals surface area contributed by atoms with Gasteiger partial charge in [-0.15, -0.1) is 0 Å². The third kappa shape index (κ3) is 3.74. The summed E-state index contributed by atoms with van der Waals surface area (Å²) in [5, 5.41) is 8.20. The third-order valence-corrected chi connectivity index (χ3v) is 4.78. The van der Waals surface area contributed by atoms with Gasteiger partial charge in [-0.3, -0.25) is 4.68 Å². The standard InChI is InChI=1S/C17H24BrN3/c1-5-19-15(14-9-7-8-12(3)10-14)11-16-17(18)13(4)20-21(16)6-2/h7-10,15,19H,5-6,11H2,1-4H3. The van der Waals surface area contributed by atoms with E-state index in [1.807, 2.05) is 0 Å². The van der Waals surface area contributed by atoms with Crippen LogP contribution in [-0.4, -0.2) is 16.3 Å². The van der Waals surface area contributed by atoms with Gasteiger partial charge < -0.3 is 5.32 Å². The van der Waals surface area contributed by atoms with Gasteiger partial charge in [0, 0.05) is 19.0 Å². The Labute approximate surface area is 135 Å². The lowest BCUT2D eigenvalue weighted by molar-refractivity contribution is 0.515. The maximum Gasteiger partial charge on any atom is 0.0738 e. The molecule has 0 spiro atoms. The van der Waals surface area contributed by atoms with Crippen molar-refractivity contribution in [3.05, 3.63) is 51.3 Å². The van der Waals surface area contributed by atoms with Crippen LogP contribution >= 0.6 is 15.9 Å². The average Bonchev–Trinajstić information content (AvgIpc) is 2.74. The van der Waals surface area contributed by atoms with Crippen LogP contribution in [0.15, 0.2) is 28.7 Å². The van der Waals surface area contributed by atoms with E-state index in [0.717, 1.165) is 29.7 Å². The van der Waals surface area contributed by atoms with Crippen molar-refractivity contribution in [3.63, 3.8) is 0 Å². The fourth-order valence-corrected chi connectivity index (χ4v) is 3.14. The number of hydrogen-bond donors (Lipinski definition) is 1. The van der Waals surface area contributed by atoms with Gasteiger partial charge in [0.15, 0.2) is 0 Å². The van der Waals surface area contributed by atoms with Gasteiger partial charge in [-0.1, -0.05) is 36.8 Å². The molecule has 3 nitrogen and oxygen atoms in total. The molecule has 0 fully saturated rings. The summed E-state index contributed by atoms with van der Waals surface area (Å²) in [6.07, 6.45) is 0.937. The molecule has 2 rings (SSSR count). The van der Waals surface area contributed by atoms with Gasteiger partial charge >= 0.3 is 0 Å². The largest absolute Gasteiger partial charge is 0.310 e. The van der Waals surface area contributed by atoms with Crippen molar-refractivity contribution in [2.75, 3.05) is 6.54 Å². The van der Waals surface area contributed by atoms with E-state index in [1.54, 1.807) is 0 Å². The first-order valence-electron chi connectivity index (χ1n) is 7.58. The van der Waals surface area contributed by atoms with E-state index in [4.69, 9.17) is 0 Å². The maximum atomic E-state index is 4.60. The molecule has 114 valence electrons. The summed E-state index contributed by atoms with van der Waals surface area (Å²) in [7, 11) is 0. The number of aromatic nitrogens is 2. The average molecular weight is 350 g/mol. The summed E-state index contributed by atoms with van der Waals surface area (Å²) in [4.78, 5) is 0. The van der Waals surface area contributed by atoms with Crippen LogP contribution in [0.5, 0.6) is 0 Å². The molecule has 4 heteroatoms. The maximum absolute atomic E-state index is 4.60. The summed E-state index contributed by atoms with van der Waals surface area (Å²) >= 11 is 3.70.